The highest BCUT2D eigenvalue weighted by Gasteiger charge is 2.48. The molecule has 2 aliphatic heterocycles. The fourth-order valence-electron chi connectivity index (χ4n) is 4.92. The van der Waals surface area contributed by atoms with Gasteiger partial charge in [0, 0.05) is 50.2 Å². The monoisotopic (exact) mass is 370 g/mol. The summed E-state index contributed by atoms with van der Waals surface area (Å²) in [7, 11) is 0. The van der Waals surface area contributed by atoms with Gasteiger partial charge in [-0.3, -0.25) is 14.9 Å². The first-order chi connectivity index (χ1) is 13.7. The molecular weight excluding hydrogens is 344 g/mol. The molecule has 0 radical (unpaired) electrons. The fourth-order valence-corrected chi connectivity index (χ4v) is 4.92. The molecule has 5 rings (SSSR count). The summed E-state index contributed by atoms with van der Waals surface area (Å²) >= 11 is 0. The first-order valence-electron chi connectivity index (χ1n) is 10.1. The molecule has 1 atom stereocenters. The van der Waals surface area contributed by atoms with Crippen LogP contribution in [0.5, 0.6) is 0 Å². The Balaban J connectivity index is 1.38. The topological polar surface area (TPSA) is 32.3 Å². The van der Waals surface area contributed by atoms with Crippen LogP contribution in [0.3, 0.4) is 0 Å². The molecule has 1 saturated heterocycles. The van der Waals surface area contributed by atoms with Gasteiger partial charge in [0.05, 0.1) is 11.4 Å². The minimum absolute atomic E-state index is 0.141. The number of hydrogen-bond donors (Lipinski definition) is 0. The lowest BCUT2D eigenvalue weighted by atomic mass is 9.85. The molecular formula is C24H26N4. The van der Waals surface area contributed by atoms with Crippen molar-refractivity contribution in [3.8, 4) is 0 Å². The Labute approximate surface area is 166 Å². The van der Waals surface area contributed by atoms with Gasteiger partial charge >= 0.3 is 0 Å². The molecule has 1 aromatic carbocycles. The molecule has 2 aliphatic rings. The summed E-state index contributed by atoms with van der Waals surface area (Å²) in [6.45, 7) is 7.33. The molecule has 0 N–H and O–H groups in total. The number of aryl methyl sites for hydroxylation is 1. The maximum atomic E-state index is 4.86. The molecule has 0 amide bonds. The van der Waals surface area contributed by atoms with Crippen LogP contribution in [0.2, 0.25) is 0 Å². The van der Waals surface area contributed by atoms with Crippen LogP contribution >= 0.6 is 0 Å². The number of nitrogens with zero attached hydrogens (tertiary/aromatic N) is 4. The molecule has 4 heterocycles. The van der Waals surface area contributed by atoms with E-state index >= 15 is 0 Å². The van der Waals surface area contributed by atoms with Gasteiger partial charge in [-0.15, -0.1) is 0 Å². The zero-order valence-corrected chi connectivity index (χ0v) is 16.4. The van der Waals surface area contributed by atoms with Gasteiger partial charge in [0.2, 0.25) is 0 Å². The largest absolute Gasteiger partial charge is 0.365 e. The van der Waals surface area contributed by atoms with Crippen LogP contribution in [0.1, 0.15) is 28.8 Å². The second-order valence-corrected chi connectivity index (χ2v) is 8.32. The van der Waals surface area contributed by atoms with E-state index in [2.05, 4.69) is 64.2 Å². The van der Waals surface area contributed by atoms with E-state index in [1.54, 1.807) is 0 Å². The lowest BCUT2D eigenvalue weighted by molar-refractivity contribution is 0.305. The molecule has 1 unspecified atom stereocenters. The van der Waals surface area contributed by atoms with Crippen LogP contribution < -0.4 is 4.90 Å². The third-order valence-electron chi connectivity index (χ3n) is 6.14. The van der Waals surface area contributed by atoms with Gasteiger partial charge in [-0.25, -0.2) is 0 Å². The van der Waals surface area contributed by atoms with E-state index in [1.165, 1.54) is 34.5 Å². The number of hydrogen-bond acceptors (Lipinski definition) is 4. The molecule has 2 aromatic heterocycles. The summed E-state index contributed by atoms with van der Waals surface area (Å²) < 4.78 is 0. The van der Waals surface area contributed by atoms with Crippen LogP contribution in [-0.4, -0.2) is 34.5 Å². The number of fused-ring (bicyclic) bond motifs is 2. The Morgan fingerprint density at radius 1 is 0.964 bits per heavy atom. The number of rotatable bonds is 4. The molecule has 0 bridgehead atoms. The second-order valence-electron chi connectivity index (χ2n) is 8.32. The summed E-state index contributed by atoms with van der Waals surface area (Å²) in [5.74, 6) is 0. The van der Waals surface area contributed by atoms with E-state index in [4.69, 9.17) is 4.98 Å². The summed E-state index contributed by atoms with van der Waals surface area (Å²) in [4.78, 5) is 14.2. The van der Waals surface area contributed by atoms with Gasteiger partial charge in [-0.05, 0) is 49.2 Å². The Kier molecular flexibility index (Phi) is 4.36. The molecule has 4 nitrogen and oxygen atoms in total. The fraction of sp³-hybridized carbons (Fsp3) is 0.333. The van der Waals surface area contributed by atoms with E-state index in [-0.39, 0.29) is 5.41 Å². The van der Waals surface area contributed by atoms with Gasteiger partial charge in [-0.2, -0.15) is 0 Å². The number of benzene rings is 1. The molecule has 0 aliphatic carbocycles. The van der Waals surface area contributed by atoms with Crippen LogP contribution in [0.25, 0.3) is 0 Å². The van der Waals surface area contributed by atoms with E-state index in [1.807, 2.05) is 24.7 Å². The molecule has 4 heteroatoms. The Morgan fingerprint density at radius 3 is 2.71 bits per heavy atom. The van der Waals surface area contributed by atoms with E-state index in [9.17, 15) is 0 Å². The average molecular weight is 371 g/mol. The smallest absolute Gasteiger partial charge is 0.0729 e. The van der Waals surface area contributed by atoms with Crippen molar-refractivity contribution in [3.05, 3.63) is 89.5 Å². The molecule has 3 aromatic rings. The maximum Gasteiger partial charge on any atom is 0.0729 e. The van der Waals surface area contributed by atoms with Gasteiger partial charge < -0.3 is 4.90 Å². The Bertz CT molecular complexity index is 971. The second kappa shape index (κ2) is 7.02. The first-order valence-corrected chi connectivity index (χ1v) is 10.1. The van der Waals surface area contributed by atoms with Crippen LogP contribution in [-0.2, 0) is 18.5 Å². The summed E-state index contributed by atoms with van der Waals surface area (Å²) in [5.41, 5.74) is 6.71. The van der Waals surface area contributed by atoms with Crippen molar-refractivity contribution in [1.29, 1.82) is 0 Å². The number of likely N-dealkylation sites (tertiary alicyclic amines) is 1. The highest BCUT2D eigenvalue weighted by atomic mass is 15.2. The maximum absolute atomic E-state index is 4.86. The summed E-state index contributed by atoms with van der Waals surface area (Å²) in [6, 6.07) is 17.4. The van der Waals surface area contributed by atoms with Crippen LogP contribution in [0.15, 0.2) is 67.1 Å². The Hall–Kier alpha value is -2.72. The average Bonchev–Trinajstić information content (AvgIpc) is 3.25. The van der Waals surface area contributed by atoms with Gasteiger partial charge in [0.15, 0.2) is 0 Å². The number of anilines is 1. The zero-order valence-electron chi connectivity index (χ0n) is 16.4. The van der Waals surface area contributed by atoms with Gasteiger partial charge in [0.1, 0.15) is 0 Å². The standard InChI is InChI=1S/C24H26N4/c1-19-5-2-6-20(13-19)15-27-12-9-24(17-27)18-28(16-21-7-3-10-25-14-21)22-8-4-11-26-23(22)24/h2-8,10-11,13-14H,9,12,15-18H2,1H3. The lowest BCUT2D eigenvalue weighted by Crippen LogP contribution is -2.36. The van der Waals surface area contributed by atoms with E-state index < -0.39 is 0 Å². The van der Waals surface area contributed by atoms with E-state index in [0.717, 1.165) is 32.7 Å². The van der Waals surface area contributed by atoms with Gasteiger partial charge in [-0.1, -0.05) is 35.9 Å². The predicted octanol–water partition coefficient (Wildman–Crippen LogP) is 3.95. The normalized spacial score (nSPS) is 21.4. The number of aromatic nitrogens is 2. The van der Waals surface area contributed by atoms with Crippen LogP contribution in [0, 0.1) is 6.92 Å². The SMILES string of the molecule is Cc1cccc(CN2CCC3(C2)CN(Cc2cccnc2)c2cccnc23)c1. The summed E-state index contributed by atoms with van der Waals surface area (Å²) in [5, 5.41) is 0. The number of pyridine rings is 2. The quantitative estimate of drug-likeness (QED) is 0.696. The highest BCUT2D eigenvalue weighted by molar-refractivity contribution is 5.60. The summed E-state index contributed by atoms with van der Waals surface area (Å²) in [6.07, 6.45) is 6.94. The lowest BCUT2D eigenvalue weighted by Gasteiger charge is -2.26. The van der Waals surface area contributed by atoms with Crippen molar-refractivity contribution in [1.82, 2.24) is 14.9 Å². The zero-order chi connectivity index (χ0) is 19.0. The first kappa shape index (κ1) is 17.4. The third-order valence-corrected chi connectivity index (χ3v) is 6.14. The van der Waals surface area contributed by atoms with E-state index in [0.29, 0.717) is 0 Å². The van der Waals surface area contributed by atoms with Crippen molar-refractivity contribution in [2.24, 2.45) is 0 Å². The molecule has 1 fully saturated rings. The Morgan fingerprint density at radius 2 is 1.86 bits per heavy atom. The van der Waals surface area contributed by atoms with Crippen molar-refractivity contribution in [2.45, 2.75) is 31.8 Å². The predicted molar refractivity (Wildman–Crippen MR) is 112 cm³/mol. The minimum Gasteiger partial charge on any atom is -0.365 e. The van der Waals surface area contributed by atoms with Crippen LogP contribution in [0.4, 0.5) is 5.69 Å². The van der Waals surface area contributed by atoms with Crippen molar-refractivity contribution in [3.63, 3.8) is 0 Å². The highest BCUT2D eigenvalue weighted by Crippen LogP contribution is 2.45. The molecule has 0 saturated carbocycles. The molecule has 1 spiro atoms. The van der Waals surface area contributed by atoms with Crippen molar-refractivity contribution < 1.29 is 0 Å². The molecule has 28 heavy (non-hydrogen) atoms. The van der Waals surface area contributed by atoms with Crippen molar-refractivity contribution in [2.75, 3.05) is 24.5 Å². The van der Waals surface area contributed by atoms with Crippen molar-refractivity contribution >= 4 is 5.69 Å². The third kappa shape index (κ3) is 3.18. The minimum atomic E-state index is 0.141. The molecule has 142 valence electrons. The van der Waals surface area contributed by atoms with Gasteiger partial charge in [0.25, 0.3) is 0 Å².